The third-order valence-corrected chi connectivity index (χ3v) is 2.65. The molecule has 1 N–H and O–H groups in total. The molecule has 0 aliphatic rings. The lowest BCUT2D eigenvalue weighted by Gasteiger charge is -2.18. The molecule has 0 amide bonds. The van der Waals surface area contributed by atoms with E-state index in [9.17, 15) is 0 Å². The summed E-state index contributed by atoms with van der Waals surface area (Å²) in [7, 11) is 0. The highest BCUT2D eigenvalue weighted by molar-refractivity contribution is 7.10. The van der Waals surface area contributed by atoms with Crippen LogP contribution in [0.5, 0.6) is 0 Å². The summed E-state index contributed by atoms with van der Waals surface area (Å²) in [4.78, 5) is 0. The predicted octanol–water partition coefficient (Wildman–Crippen LogP) is 2.78. The molecule has 0 aromatic carbocycles. The number of rotatable bonds is 2. The highest BCUT2D eigenvalue weighted by Crippen LogP contribution is 2.25. The zero-order chi connectivity index (χ0) is 10.8. The molecular formula is C10H15N3S. The smallest absolute Gasteiger partial charge is 0.127 e. The summed E-state index contributed by atoms with van der Waals surface area (Å²) < 4.78 is 4.14. The van der Waals surface area contributed by atoms with Gasteiger partial charge in [-0.05, 0) is 23.9 Å². The molecule has 0 saturated carbocycles. The van der Waals surface area contributed by atoms with Crippen molar-refractivity contribution in [3.63, 3.8) is 0 Å². The van der Waals surface area contributed by atoms with Gasteiger partial charge < -0.3 is 5.32 Å². The zero-order valence-corrected chi connectivity index (χ0v) is 9.83. The highest BCUT2D eigenvalue weighted by atomic mass is 32.1. The van der Waals surface area contributed by atoms with Gasteiger partial charge in [0, 0.05) is 6.54 Å². The van der Waals surface area contributed by atoms with E-state index in [1.165, 1.54) is 11.5 Å². The summed E-state index contributed by atoms with van der Waals surface area (Å²) in [5, 5.41) is 13.0. The molecule has 0 spiro atoms. The van der Waals surface area contributed by atoms with E-state index in [-0.39, 0.29) is 5.41 Å². The third-order valence-electron chi connectivity index (χ3n) is 1.75. The van der Waals surface area contributed by atoms with E-state index in [1.807, 2.05) is 6.92 Å². The first-order valence-corrected chi connectivity index (χ1v) is 5.31. The van der Waals surface area contributed by atoms with E-state index in [1.54, 1.807) is 0 Å². The van der Waals surface area contributed by atoms with Gasteiger partial charge in [-0.3, -0.25) is 0 Å². The summed E-state index contributed by atoms with van der Waals surface area (Å²) in [5.41, 5.74) is 1.71. The first-order valence-electron chi connectivity index (χ1n) is 4.54. The molecule has 0 unspecified atom stereocenters. The van der Waals surface area contributed by atoms with E-state index in [0.29, 0.717) is 5.56 Å². The molecule has 4 heteroatoms. The summed E-state index contributed by atoms with van der Waals surface area (Å²) in [6, 6.07) is 2.17. The van der Waals surface area contributed by atoms with E-state index >= 15 is 0 Å². The predicted molar refractivity (Wildman–Crippen MR) is 59.5 cm³/mol. The largest absolute Gasteiger partial charge is 0.374 e. The van der Waals surface area contributed by atoms with Crippen molar-refractivity contribution in [2.75, 3.05) is 11.9 Å². The first kappa shape index (κ1) is 11.0. The Labute approximate surface area is 88.9 Å². The maximum atomic E-state index is 8.89. The Kier molecular flexibility index (Phi) is 3.12. The van der Waals surface area contributed by atoms with Crippen molar-refractivity contribution in [2.45, 2.75) is 27.7 Å². The third kappa shape index (κ3) is 2.71. The molecule has 0 aliphatic carbocycles. The molecule has 0 saturated heterocycles. The summed E-state index contributed by atoms with van der Waals surface area (Å²) in [5.74, 6) is 0. The molecule has 1 aromatic rings. The van der Waals surface area contributed by atoms with Crippen molar-refractivity contribution < 1.29 is 0 Å². The Balaban J connectivity index is 2.74. The van der Waals surface area contributed by atoms with E-state index < -0.39 is 0 Å². The van der Waals surface area contributed by atoms with Gasteiger partial charge in [-0.1, -0.05) is 20.8 Å². The number of aryl methyl sites for hydroxylation is 1. The molecular weight excluding hydrogens is 194 g/mol. The van der Waals surface area contributed by atoms with Crippen LogP contribution in [0.2, 0.25) is 0 Å². The Morgan fingerprint density at radius 2 is 2.14 bits per heavy atom. The lowest BCUT2D eigenvalue weighted by atomic mass is 9.97. The molecule has 0 aliphatic heterocycles. The van der Waals surface area contributed by atoms with Crippen LogP contribution in [0.1, 0.15) is 32.0 Å². The lowest BCUT2D eigenvalue weighted by Crippen LogP contribution is -2.18. The second kappa shape index (κ2) is 3.97. The first-order chi connectivity index (χ1) is 6.44. The van der Waals surface area contributed by atoms with Gasteiger partial charge in [0.15, 0.2) is 0 Å². The fourth-order valence-electron chi connectivity index (χ4n) is 0.967. The molecule has 76 valence electrons. The monoisotopic (exact) mass is 209 g/mol. The average molecular weight is 209 g/mol. The minimum Gasteiger partial charge on any atom is -0.374 e. The number of hydrogen-bond donors (Lipinski definition) is 1. The average Bonchev–Trinajstić information content (AvgIpc) is 2.41. The fraction of sp³-hybridized carbons (Fsp3) is 0.600. The molecule has 1 aromatic heterocycles. The fourth-order valence-corrected chi connectivity index (χ4v) is 1.71. The number of nitrogens with zero attached hydrogens (tertiary/aromatic N) is 2. The van der Waals surface area contributed by atoms with Crippen LogP contribution in [0, 0.1) is 23.7 Å². The molecule has 1 rings (SSSR count). The van der Waals surface area contributed by atoms with Gasteiger partial charge in [0.25, 0.3) is 0 Å². The van der Waals surface area contributed by atoms with E-state index in [4.69, 9.17) is 5.26 Å². The molecule has 0 bridgehead atoms. The summed E-state index contributed by atoms with van der Waals surface area (Å²) >= 11 is 1.36. The Hall–Kier alpha value is -1.08. The van der Waals surface area contributed by atoms with Crippen molar-refractivity contribution in [3.05, 3.63) is 11.3 Å². The minimum atomic E-state index is 0.213. The zero-order valence-electron chi connectivity index (χ0n) is 9.01. The molecule has 14 heavy (non-hydrogen) atoms. The van der Waals surface area contributed by atoms with Gasteiger partial charge in [-0.15, -0.1) is 0 Å². The Morgan fingerprint density at radius 1 is 1.50 bits per heavy atom. The van der Waals surface area contributed by atoms with E-state index in [0.717, 1.165) is 17.2 Å². The number of aromatic nitrogens is 1. The summed E-state index contributed by atoms with van der Waals surface area (Å²) in [6.07, 6.45) is 0. The van der Waals surface area contributed by atoms with Crippen molar-refractivity contribution in [3.8, 4) is 6.07 Å². The molecule has 1 heterocycles. The molecule has 0 atom stereocenters. The number of anilines is 1. The Morgan fingerprint density at radius 3 is 2.64 bits per heavy atom. The van der Waals surface area contributed by atoms with Gasteiger partial charge in [0.1, 0.15) is 16.6 Å². The van der Waals surface area contributed by atoms with Crippen molar-refractivity contribution >= 4 is 16.5 Å². The molecule has 0 fully saturated rings. The van der Waals surface area contributed by atoms with Crippen molar-refractivity contribution in [2.24, 2.45) is 5.41 Å². The van der Waals surface area contributed by atoms with Crippen LogP contribution >= 0.6 is 11.5 Å². The molecule has 3 nitrogen and oxygen atoms in total. The topological polar surface area (TPSA) is 48.7 Å². The maximum absolute atomic E-state index is 8.89. The van der Waals surface area contributed by atoms with Crippen LogP contribution in [0.25, 0.3) is 0 Å². The second-order valence-electron chi connectivity index (χ2n) is 4.50. The maximum Gasteiger partial charge on any atom is 0.127 e. The van der Waals surface area contributed by atoms with E-state index in [2.05, 4.69) is 36.5 Å². The summed E-state index contributed by atoms with van der Waals surface area (Å²) in [6.45, 7) is 9.17. The van der Waals surface area contributed by atoms with Crippen molar-refractivity contribution in [1.29, 1.82) is 5.26 Å². The van der Waals surface area contributed by atoms with Gasteiger partial charge in [0.05, 0.1) is 5.69 Å². The standard InChI is InChI=1S/C10H15N3S/c1-7-8(5-11)9(14-13-7)12-6-10(2,3)4/h12H,6H2,1-4H3. The van der Waals surface area contributed by atoms with Crippen LogP contribution in [0.4, 0.5) is 5.00 Å². The van der Waals surface area contributed by atoms with Crippen LogP contribution in [-0.2, 0) is 0 Å². The Bertz CT molecular complexity index is 354. The number of hydrogen-bond acceptors (Lipinski definition) is 4. The molecule has 0 radical (unpaired) electrons. The van der Waals surface area contributed by atoms with Gasteiger partial charge in [-0.25, -0.2) is 0 Å². The lowest BCUT2D eigenvalue weighted by molar-refractivity contribution is 0.443. The van der Waals surface area contributed by atoms with Crippen molar-refractivity contribution in [1.82, 2.24) is 4.37 Å². The quantitative estimate of drug-likeness (QED) is 0.814. The highest BCUT2D eigenvalue weighted by Gasteiger charge is 2.14. The number of nitrogens with one attached hydrogen (secondary N) is 1. The van der Waals surface area contributed by atoms with Crippen LogP contribution in [-0.4, -0.2) is 10.9 Å². The van der Waals surface area contributed by atoms with Gasteiger partial charge in [0.2, 0.25) is 0 Å². The second-order valence-corrected chi connectivity index (χ2v) is 5.27. The minimum absolute atomic E-state index is 0.213. The van der Waals surface area contributed by atoms with Crippen LogP contribution in [0.15, 0.2) is 0 Å². The SMILES string of the molecule is Cc1nsc(NCC(C)(C)C)c1C#N. The van der Waals surface area contributed by atoms with Crippen LogP contribution < -0.4 is 5.32 Å². The van der Waals surface area contributed by atoms with Gasteiger partial charge in [-0.2, -0.15) is 9.64 Å². The normalized spacial score (nSPS) is 11.1. The van der Waals surface area contributed by atoms with Crippen LogP contribution in [0.3, 0.4) is 0 Å². The number of nitriles is 1. The van der Waals surface area contributed by atoms with Gasteiger partial charge >= 0.3 is 0 Å².